The zero-order valence-electron chi connectivity index (χ0n) is 17.7. The maximum Gasteiger partial charge on any atom is 0.195 e. The molecule has 3 aromatic rings. The van der Waals surface area contributed by atoms with Crippen LogP contribution >= 0.6 is 0 Å². The number of carbonyl (C=O) groups is 2. The lowest BCUT2D eigenvalue weighted by Gasteiger charge is -2.23. The predicted molar refractivity (Wildman–Crippen MR) is 122 cm³/mol. The van der Waals surface area contributed by atoms with Crippen LogP contribution in [-0.4, -0.2) is 18.6 Å². The van der Waals surface area contributed by atoms with Crippen molar-refractivity contribution in [3.05, 3.63) is 94.5 Å². The molecule has 1 radical (unpaired) electrons. The fourth-order valence-corrected chi connectivity index (χ4v) is 3.49. The number of ketones is 2. The second kappa shape index (κ2) is 9.40. The van der Waals surface area contributed by atoms with Crippen LogP contribution < -0.4 is 10.6 Å². The Bertz CT molecular complexity index is 1060. The smallest absolute Gasteiger partial charge is 0.195 e. The summed E-state index contributed by atoms with van der Waals surface area (Å²) in [5.74, 6) is 0.0854. The van der Waals surface area contributed by atoms with Crippen molar-refractivity contribution in [3.8, 4) is 0 Å². The molecule has 3 aromatic carbocycles. The van der Waals surface area contributed by atoms with Gasteiger partial charge in [-0.2, -0.15) is 0 Å². The van der Waals surface area contributed by atoms with E-state index < -0.39 is 0 Å². The van der Waals surface area contributed by atoms with E-state index in [0.29, 0.717) is 36.2 Å². The number of carbonyl (C=O) groups excluding carboxylic acids is 2. The molecule has 0 heterocycles. The molecule has 0 saturated heterocycles. The number of hydrogen-bond donors (Lipinski definition) is 1. The van der Waals surface area contributed by atoms with Crippen LogP contribution in [-0.2, 0) is 17.8 Å². The minimum absolute atomic E-state index is 0.0683. The van der Waals surface area contributed by atoms with E-state index >= 15 is 0 Å². The largest absolute Gasteiger partial charge is 0.398 e. The van der Waals surface area contributed by atoms with Crippen molar-refractivity contribution < 1.29 is 9.59 Å². The summed E-state index contributed by atoms with van der Waals surface area (Å²) in [4.78, 5) is 26.9. The van der Waals surface area contributed by atoms with E-state index in [0.717, 1.165) is 22.4 Å². The average Bonchev–Trinajstić information content (AvgIpc) is 2.74. The third-order valence-electron chi connectivity index (χ3n) is 5.29. The van der Waals surface area contributed by atoms with Gasteiger partial charge >= 0.3 is 0 Å². The van der Waals surface area contributed by atoms with E-state index in [1.54, 1.807) is 19.1 Å². The summed E-state index contributed by atoms with van der Waals surface area (Å²) in [5.41, 5.74) is 11.4. The highest BCUT2D eigenvalue weighted by molar-refractivity contribution is 6.13. The van der Waals surface area contributed by atoms with E-state index in [2.05, 4.69) is 23.1 Å². The highest BCUT2D eigenvalue weighted by atomic mass is 16.1. The fourth-order valence-electron chi connectivity index (χ4n) is 3.49. The molecule has 30 heavy (non-hydrogen) atoms. The minimum atomic E-state index is -0.0683. The number of nitrogens with zero attached hydrogens (tertiary/aromatic N) is 1. The lowest BCUT2D eigenvalue weighted by Crippen LogP contribution is -2.20. The van der Waals surface area contributed by atoms with Gasteiger partial charge in [-0.3, -0.25) is 4.79 Å². The molecule has 0 aromatic heterocycles. The molecule has 2 N–H and O–H groups in total. The second-order valence-corrected chi connectivity index (χ2v) is 7.65. The van der Waals surface area contributed by atoms with E-state index in [4.69, 9.17) is 5.73 Å². The third-order valence-corrected chi connectivity index (χ3v) is 5.29. The lowest BCUT2D eigenvalue weighted by molar-refractivity contribution is -0.116. The van der Waals surface area contributed by atoms with Gasteiger partial charge in [-0.05, 0) is 55.2 Å². The molecule has 0 aliphatic rings. The summed E-state index contributed by atoms with van der Waals surface area (Å²) < 4.78 is 0. The van der Waals surface area contributed by atoms with Gasteiger partial charge in [0.05, 0.1) is 0 Å². The molecule has 3 rings (SSSR count). The van der Waals surface area contributed by atoms with Crippen LogP contribution in [0.25, 0.3) is 0 Å². The summed E-state index contributed by atoms with van der Waals surface area (Å²) in [6.07, 6.45) is 1.14. The first kappa shape index (κ1) is 21.3. The number of benzene rings is 3. The summed E-state index contributed by atoms with van der Waals surface area (Å²) >= 11 is 0. The van der Waals surface area contributed by atoms with Crippen LogP contribution in [0.3, 0.4) is 0 Å². The van der Waals surface area contributed by atoms with Gasteiger partial charge in [0, 0.05) is 48.6 Å². The molecule has 153 valence electrons. The molecule has 0 bridgehead atoms. The van der Waals surface area contributed by atoms with Gasteiger partial charge in [0.1, 0.15) is 5.78 Å². The first-order chi connectivity index (χ1) is 14.4. The summed E-state index contributed by atoms with van der Waals surface area (Å²) in [5, 5.41) is 0. The van der Waals surface area contributed by atoms with Gasteiger partial charge in [0.25, 0.3) is 0 Å². The molecule has 0 fully saturated rings. The molecule has 0 atom stereocenters. The predicted octanol–water partition coefficient (Wildman–Crippen LogP) is 4.77. The molecule has 0 spiro atoms. The molecular formula is C26H27N2O2. The standard InChI is InChI=1S/C26H27N2O2/c1-18(29)12-13-20-14-15-23(26(30)22-10-7-11-24(27)19(22)2)25(16-20)28(3)17-21-8-5-4-6-9-21/h4-10,14-16H,12-13,17,27H2,1-3H3. The van der Waals surface area contributed by atoms with E-state index in [-0.39, 0.29) is 11.6 Å². The number of Topliss-reactive ketones (excluding diaryl/α,β-unsaturated/α-hetero) is 1. The van der Waals surface area contributed by atoms with Crippen LogP contribution in [0, 0.1) is 13.0 Å². The van der Waals surface area contributed by atoms with Crippen molar-refractivity contribution in [3.63, 3.8) is 0 Å². The molecule has 0 aliphatic carbocycles. The first-order valence-electron chi connectivity index (χ1n) is 10.1. The third kappa shape index (κ3) is 4.95. The Hall–Kier alpha value is -3.40. The van der Waals surface area contributed by atoms with Gasteiger partial charge < -0.3 is 15.4 Å². The van der Waals surface area contributed by atoms with Gasteiger partial charge in [-0.15, -0.1) is 0 Å². The van der Waals surface area contributed by atoms with E-state index in [9.17, 15) is 9.59 Å². The van der Waals surface area contributed by atoms with Gasteiger partial charge in [-0.25, -0.2) is 0 Å². The number of hydrogen-bond acceptors (Lipinski definition) is 4. The molecule has 0 unspecified atom stereocenters. The molecule has 0 amide bonds. The maximum atomic E-state index is 13.4. The molecule has 0 saturated carbocycles. The van der Waals surface area contributed by atoms with Crippen LogP contribution in [0.5, 0.6) is 0 Å². The Morgan fingerprint density at radius 2 is 1.73 bits per heavy atom. The second-order valence-electron chi connectivity index (χ2n) is 7.65. The van der Waals surface area contributed by atoms with Gasteiger partial charge in [0.15, 0.2) is 5.78 Å². The SMILES string of the molecule is CC(=O)CCc1ccc(C(=O)c2cc[c]c(N)c2C)c(N(C)Cc2ccccc2)c1. The quantitative estimate of drug-likeness (QED) is 0.438. The minimum Gasteiger partial charge on any atom is -0.398 e. The van der Waals surface area contributed by atoms with E-state index in [1.165, 1.54) is 0 Å². The van der Waals surface area contributed by atoms with Crippen molar-refractivity contribution in [2.75, 3.05) is 17.7 Å². The molecule has 4 heteroatoms. The van der Waals surface area contributed by atoms with Gasteiger partial charge in [0.2, 0.25) is 0 Å². The lowest BCUT2D eigenvalue weighted by atomic mass is 9.94. The fraction of sp³-hybridized carbons (Fsp3) is 0.231. The van der Waals surface area contributed by atoms with E-state index in [1.807, 2.05) is 50.4 Å². The average molecular weight is 400 g/mol. The number of nitrogens with two attached hydrogens (primary N) is 1. The van der Waals surface area contributed by atoms with Crippen LogP contribution in [0.4, 0.5) is 11.4 Å². The highest BCUT2D eigenvalue weighted by Crippen LogP contribution is 2.28. The number of aryl methyl sites for hydroxylation is 1. The van der Waals surface area contributed by atoms with Crippen molar-refractivity contribution in [1.29, 1.82) is 0 Å². The Labute approximate surface area is 178 Å². The zero-order chi connectivity index (χ0) is 21.7. The summed E-state index contributed by atoms with van der Waals surface area (Å²) in [7, 11) is 1.98. The normalized spacial score (nSPS) is 10.6. The Balaban J connectivity index is 2.01. The first-order valence-corrected chi connectivity index (χ1v) is 10.1. The topological polar surface area (TPSA) is 63.4 Å². The number of anilines is 2. The van der Waals surface area contributed by atoms with Gasteiger partial charge in [-0.1, -0.05) is 42.5 Å². The number of nitrogen functional groups attached to an aromatic ring is 1. The zero-order valence-corrected chi connectivity index (χ0v) is 17.7. The summed E-state index contributed by atoms with van der Waals surface area (Å²) in [6.45, 7) is 4.11. The Morgan fingerprint density at radius 1 is 1.00 bits per heavy atom. The van der Waals surface area contributed by atoms with Crippen LogP contribution in [0.1, 0.15) is 46.0 Å². The summed E-state index contributed by atoms with van der Waals surface area (Å²) in [6, 6.07) is 22.3. The van der Waals surface area contributed by atoms with Crippen molar-refractivity contribution in [2.24, 2.45) is 0 Å². The monoisotopic (exact) mass is 399 g/mol. The van der Waals surface area contributed by atoms with Crippen molar-refractivity contribution in [1.82, 2.24) is 0 Å². The highest BCUT2D eigenvalue weighted by Gasteiger charge is 2.19. The van der Waals surface area contributed by atoms with Crippen LogP contribution in [0.2, 0.25) is 0 Å². The van der Waals surface area contributed by atoms with Crippen molar-refractivity contribution in [2.45, 2.75) is 33.2 Å². The molecule has 4 nitrogen and oxygen atoms in total. The van der Waals surface area contributed by atoms with Crippen LogP contribution in [0.15, 0.2) is 60.7 Å². The Morgan fingerprint density at radius 3 is 2.43 bits per heavy atom. The Kier molecular flexibility index (Phi) is 6.68. The maximum absolute atomic E-state index is 13.4. The molecular weight excluding hydrogens is 372 g/mol. The molecule has 0 aliphatic heterocycles. The van der Waals surface area contributed by atoms with Crippen molar-refractivity contribution >= 4 is 22.9 Å². The number of rotatable bonds is 8.